The predicted molar refractivity (Wildman–Crippen MR) is 56.1 cm³/mol. The summed E-state index contributed by atoms with van der Waals surface area (Å²) in [5.74, 6) is 0.259. The number of nitrogens with zero attached hydrogens (tertiary/aromatic N) is 5. The Bertz CT molecular complexity index is 408. The van der Waals surface area contributed by atoms with Crippen molar-refractivity contribution in [2.75, 3.05) is 13.1 Å². The molecule has 2 rings (SSSR count). The van der Waals surface area contributed by atoms with Crippen molar-refractivity contribution in [3.05, 3.63) is 28.4 Å². The molecular weight excluding hydrogens is 208 g/mol. The molecule has 1 aliphatic heterocycles. The molecule has 0 bridgehead atoms. The van der Waals surface area contributed by atoms with E-state index in [2.05, 4.69) is 20.2 Å². The van der Waals surface area contributed by atoms with Gasteiger partial charge in [0.25, 0.3) is 0 Å². The van der Waals surface area contributed by atoms with Gasteiger partial charge in [0, 0.05) is 42.7 Å². The topological polar surface area (TPSA) is 97.8 Å². The minimum absolute atomic E-state index is 0.110. The second kappa shape index (κ2) is 4.67. The van der Waals surface area contributed by atoms with E-state index >= 15 is 0 Å². The molecule has 0 aromatic carbocycles. The van der Waals surface area contributed by atoms with E-state index in [0.29, 0.717) is 26.1 Å². The van der Waals surface area contributed by atoms with Gasteiger partial charge in [0.15, 0.2) is 0 Å². The summed E-state index contributed by atoms with van der Waals surface area (Å²) in [7, 11) is 0. The number of nitrogens with one attached hydrogen (secondary N) is 1. The molecule has 16 heavy (non-hydrogen) atoms. The van der Waals surface area contributed by atoms with Crippen LogP contribution in [-0.2, 0) is 11.3 Å². The number of amides is 1. The van der Waals surface area contributed by atoms with E-state index in [4.69, 9.17) is 5.53 Å². The van der Waals surface area contributed by atoms with Gasteiger partial charge in [-0.1, -0.05) is 5.11 Å². The molecule has 1 unspecified atom stereocenters. The average Bonchev–Trinajstić information content (AvgIpc) is 2.87. The van der Waals surface area contributed by atoms with Crippen LogP contribution < -0.4 is 0 Å². The molecule has 1 aromatic rings. The summed E-state index contributed by atoms with van der Waals surface area (Å²) in [6, 6.07) is 0. The second-order valence-electron chi connectivity index (χ2n) is 3.86. The zero-order valence-corrected chi connectivity index (χ0v) is 8.70. The number of hydrogen-bond donors (Lipinski definition) is 1. The van der Waals surface area contributed by atoms with Gasteiger partial charge < -0.3 is 4.90 Å². The summed E-state index contributed by atoms with van der Waals surface area (Å²) in [5.41, 5.74) is 9.20. The maximum atomic E-state index is 11.6. The molecule has 7 heteroatoms. The molecule has 84 valence electrons. The zero-order valence-electron chi connectivity index (χ0n) is 8.70. The van der Waals surface area contributed by atoms with Crippen molar-refractivity contribution in [2.24, 2.45) is 11.0 Å². The lowest BCUT2D eigenvalue weighted by molar-refractivity contribution is -0.128. The Morgan fingerprint density at radius 2 is 2.62 bits per heavy atom. The molecule has 1 fully saturated rings. The van der Waals surface area contributed by atoms with Gasteiger partial charge in [-0.3, -0.25) is 9.89 Å². The molecule has 1 atom stereocenters. The minimum Gasteiger partial charge on any atom is -0.338 e. The molecule has 0 radical (unpaired) electrons. The zero-order chi connectivity index (χ0) is 11.4. The quantitative estimate of drug-likeness (QED) is 0.466. The fourth-order valence-electron chi connectivity index (χ4n) is 1.87. The first-order chi connectivity index (χ1) is 7.79. The van der Waals surface area contributed by atoms with Gasteiger partial charge in [0.2, 0.25) is 5.91 Å². The highest BCUT2D eigenvalue weighted by atomic mass is 16.2. The van der Waals surface area contributed by atoms with Crippen LogP contribution in [0.25, 0.3) is 10.4 Å². The highest BCUT2D eigenvalue weighted by Gasteiger charge is 2.28. The Labute approximate surface area is 92.1 Å². The lowest BCUT2D eigenvalue weighted by Crippen LogP contribution is -2.24. The van der Waals surface area contributed by atoms with Gasteiger partial charge in [0.1, 0.15) is 0 Å². The highest BCUT2D eigenvalue weighted by molar-refractivity contribution is 5.78. The molecule has 1 saturated heterocycles. The second-order valence-corrected chi connectivity index (χ2v) is 3.86. The van der Waals surface area contributed by atoms with Crippen LogP contribution in [0.3, 0.4) is 0 Å². The van der Waals surface area contributed by atoms with Gasteiger partial charge in [-0.25, -0.2) is 0 Å². The number of likely N-dealkylation sites (tertiary alicyclic amines) is 1. The predicted octanol–water partition coefficient (Wildman–Crippen LogP) is 1.07. The monoisotopic (exact) mass is 220 g/mol. The van der Waals surface area contributed by atoms with E-state index in [9.17, 15) is 4.79 Å². The van der Waals surface area contributed by atoms with Crippen LogP contribution in [0.5, 0.6) is 0 Å². The van der Waals surface area contributed by atoms with Crippen LogP contribution in [0, 0.1) is 5.92 Å². The van der Waals surface area contributed by atoms with Crippen molar-refractivity contribution in [3.63, 3.8) is 0 Å². The Hall–Kier alpha value is -2.01. The Morgan fingerprint density at radius 1 is 1.75 bits per heavy atom. The first-order valence-corrected chi connectivity index (χ1v) is 5.06. The molecule has 1 N–H and O–H groups in total. The Balaban J connectivity index is 1.92. The molecule has 1 aromatic heterocycles. The summed E-state index contributed by atoms with van der Waals surface area (Å²) in [5, 5.41) is 10.0. The van der Waals surface area contributed by atoms with Crippen molar-refractivity contribution in [1.29, 1.82) is 0 Å². The van der Waals surface area contributed by atoms with Crippen LogP contribution in [0.1, 0.15) is 12.0 Å². The van der Waals surface area contributed by atoms with Crippen LogP contribution >= 0.6 is 0 Å². The van der Waals surface area contributed by atoms with Gasteiger partial charge >= 0.3 is 0 Å². The SMILES string of the molecule is [N-]=[N+]=NCC1CC(=O)N(Cc2cn[nH]c2)C1. The van der Waals surface area contributed by atoms with Crippen LogP contribution in [0.2, 0.25) is 0 Å². The molecule has 0 spiro atoms. The number of carbonyl (C=O) groups excluding carboxylic acids is 1. The van der Waals surface area contributed by atoms with Crippen molar-refractivity contribution < 1.29 is 4.79 Å². The molecular formula is C9H12N6O. The van der Waals surface area contributed by atoms with Crippen molar-refractivity contribution in [1.82, 2.24) is 15.1 Å². The van der Waals surface area contributed by atoms with Crippen LogP contribution in [-0.4, -0.2) is 34.1 Å². The number of rotatable bonds is 4. The lowest BCUT2D eigenvalue weighted by Gasteiger charge is -2.14. The third kappa shape index (κ3) is 2.32. The summed E-state index contributed by atoms with van der Waals surface area (Å²) in [6.45, 7) is 1.62. The smallest absolute Gasteiger partial charge is 0.223 e. The summed E-state index contributed by atoms with van der Waals surface area (Å²) in [4.78, 5) is 16.1. The molecule has 2 heterocycles. The van der Waals surface area contributed by atoms with Crippen LogP contribution in [0.4, 0.5) is 0 Å². The fourth-order valence-corrected chi connectivity index (χ4v) is 1.87. The van der Waals surface area contributed by atoms with Crippen molar-refractivity contribution in [2.45, 2.75) is 13.0 Å². The molecule has 0 saturated carbocycles. The van der Waals surface area contributed by atoms with Gasteiger partial charge in [-0.2, -0.15) is 5.10 Å². The first kappa shape index (κ1) is 10.5. The molecule has 1 aliphatic rings. The molecule has 0 aliphatic carbocycles. The average molecular weight is 220 g/mol. The maximum Gasteiger partial charge on any atom is 0.223 e. The first-order valence-electron chi connectivity index (χ1n) is 5.06. The Kier molecular flexibility index (Phi) is 3.07. The summed E-state index contributed by atoms with van der Waals surface area (Å²) in [6.07, 6.45) is 3.94. The molecule has 1 amide bonds. The Morgan fingerprint density at radius 3 is 3.31 bits per heavy atom. The van der Waals surface area contributed by atoms with Crippen molar-refractivity contribution >= 4 is 5.91 Å². The van der Waals surface area contributed by atoms with E-state index in [1.807, 2.05) is 0 Å². The maximum absolute atomic E-state index is 11.6. The third-order valence-electron chi connectivity index (χ3n) is 2.63. The van der Waals surface area contributed by atoms with Gasteiger partial charge in [-0.15, -0.1) is 0 Å². The van der Waals surface area contributed by atoms with E-state index in [1.165, 1.54) is 0 Å². The summed E-state index contributed by atoms with van der Waals surface area (Å²) < 4.78 is 0. The largest absolute Gasteiger partial charge is 0.338 e. The van der Waals surface area contributed by atoms with E-state index in [-0.39, 0.29) is 11.8 Å². The number of carbonyl (C=O) groups is 1. The third-order valence-corrected chi connectivity index (χ3v) is 2.63. The fraction of sp³-hybridized carbons (Fsp3) is 0.556. The number of H-pyrrole nitrogens is 1. The number of aromatic amines is 1. The van der Waals surface area contributed by atoms with E-state index in [0.717, 1.165) is 5.56 Å². The number of aromatic nitrogens is 2. The standard InChI is InChI=1S/C9H12N6O/c10-14-13-2-7-1-9(16)15(5-7)6-8-3-11-12-4-8/h3-4,7H,1-2,5-6H2,(H,11,12). The van der Waals surface area contributed by atoms with Gasteiger partial charge in [0.05, 0.1) is 6.20 Å². The number of hydrogen-bond acceptors (Lipinski definition) is 3. The van der Waals surface area contributed by atoms with E-state index < -0.39 is 0 Å². The van der Waals surface area contributed by atoms with Crippen molar-refractivity contribution in [3.8, 4) is 0 Å². The minimum atomic E-state index is 0.110. The number of azide groups is 1. The van der Waals surface area contributed by atoms with E-state index in [1.54, 1.807) is 17.3 Å². The van der Waals surface area contributed by atoms with Gasteiger partial charge in [-0.05, 0) is 11.4 Å². The summed E-state index contributed by atoms with van der Waals surface area (Å²) >= 11 is 0. The highest BCUT2D eigenvalue weighted by Crippen LogP contribution is 2.20. The normalized spacial score (nSPS) is 19.9. The van der Waals surface area contributed by atoms with Crippen LogP contribution in [0.15, 0.2) is 17.5 Å². The molecule has 7 nitrogen and oxygen atoms in total. The lowest BCUT2D eigenvalue weighted by atomic mass is 10.1.